The number of rotatable bonds is 7. The number of hydrogen-bond donors (Lipinski definition) is 3. The Hall–Kier alpha value is -3.80. The number of para-hydroxylation sites is 1. The van der Waals surface area contributed by atoms with Crippen molar-refractivity contribution in [3.8, 4) is 22.6 Å². The number of aliphatic hydroxyl groups is 1. The first kappa shape index (κ1) is 23.9. The van der Waals surface area contributed by atoms with Crippen molar-refractivity contribution in [2.45, 2.75) is 25.0 Å². The molecule has 0 bridgehead atoms. The first-order chi connectivity index (χ1) is 17.4. The molecule has 3 N–H and O–H groups in total. The molecule has 4 aromatic carbocycles. The molecule has 4 aromatic rings. The van der Waals surface area contributed by atoms with Crippen molar-refractivity contribution in [3.63, 3.8) is 0 Å². The number of β-lactam (4-membered cyclic amide) rings is 1. The fourth-order valence-electron chi connectivity index (χ4n) is 4.93. The summed E-state index contributed by atoms with van der Waals surface area (Å²) in [6.45, 7) is 0. The molecule has 0 unspecified atom stereocenters. The topological polar surface area (TPSA) is 81.0 Å². The number of halogens is 1. The van der Waals surface area contributed by atoms with Crippen LogP contribution in [0.3, 0.4) is 0 Å². The van der Waals surface area contributed by atoms with Crippen LogP contribution in [0.2, 0.25) is 5.02 Å². The molecule has 36 heavy (non-hydrogen) atoms. The number of nitrogens with zero attached hydrogens (tertiary/aromatic N) is 1. The van der Waals surface area contributed by atoms with Crippen LogP contribution in [0.1, 0.15) is 36.1 Å². The van der Waals surface area contributed by atoms with Gasteiger partial charge in [-0.15, -0.1) is 0 Å². The van der Waals surface area contributed by atoms with Crippen molar-refractivity contribution in [1.29, 1.82) is 0 Å². The highest BCUT2D eigenvalue weighted by Crippen LogP contribution is 2.49. The van der Waals surface area contributed by atoms with E-state index >= 15 is 0 Å². The molecule has 0 saturated carbocycles. The van der Waals surface area contributed by atoms with Gasteiger partial charge in [0, 0.05) is 16.3 Å². The lowest BCUT2D eigenvalue weighted by Crippen LogP contribution is -2.55. The first-order valence-corrected chi connectivity index (χ1v) is 12.2. The number of phenolic OH excluding ortho intramolecular Hbond substituents is 2. The number of amides is 1. The van der Waals surface area contributed by atoms with Crippen molar-refractivity contribution in [1.82, 2.24) is 0 Å². The molecular formula is C30H26ClNO4. The third-order valence-electron chi connectivity index (χ3n) is 6.81. The summed E-state index contributed by atoms with van der Waals surface area (Å²) in [7, 11) is 0. The van der Waals surface area contributed by atoms with Gasteiger partial charge in [0.05, 0.1) is 18.1 Å². The van der Waals surface area contributed by atoms with Crippen LogP contribution < -0.4 is 4.90 Å². The molecule has 1 saturated heterocycles. The number of benzene rings is 4. The maximum Gasteiger partial charge on any atom is 0.233 e. The van der Waals surface area contributed by atoms with Gasteiger partial charge in [-0.25, -0.2) is 0 Å². The van der Waals surface area contributed by atoms with Gasteiger partial charge in [0.1, 0.15) is 11.5 Å². The lowest BCUT2D eigenvalue weighted by Gasteiger charge is -2.48. The molecule has 182 valence electrons. The number of phenols is 2. The Balaban J connectivity index is 1.43. The zero-order chi connectivity index (χ0) is 25.2. The average molecular weight is 500 g/mol. The summed E-state index contributed by atoms with van der Waals surface area (Å²) in [6.07, 6.45) is 0.0210. The van der Waals surface area contributed by atoms with Gasteiger partial charge in [0.25, 0.3) is 0 Å². The predicted octanol–water partition coefficient (Wildman–Crippen LogP) is 6.64. The summed E-state index contributed by atoms with van der Waals surface area (Å²) in [5.74, 6) is -0.170. The number of anilines is 1. The molecule has 1 heterocycles. The Morgan fingerprint density at radius 2 is 1.50 bits per heavy atom. The Labute approximate surface area is 214 Å². The number of carbonyl (C=O) groups is 1. The fraction of sp³-hybridized carbons (Fsp3) is 0.167. The van der Waals surface area contributed by atoms with Gasteiger partial charge < -0.3 is 20.2 Å². The van der Waals surface area contributed by atoms with E-state index in [0.717, 1.165) is 16.8 Å². The molecule has 5 nitrogen and oxygen atoms in total. The number of hydrogen-bond acceptors (Lipinski definition) is 4. The van der Waals surface area contributed by atoms with Gasteiger partial charge in [0.15, 0.2) is 0 Å². The summed E-state index contributed by atoms with van der Waals surface area (Å²) in [6, 6.07) is 28.4. The molecule has 1 fully saturated rings. The van der Waals surface area contributed by atoms with Gasteiger partial charge in [-0.1, -0.05) is 72.3 Å². The van der Waals surface area contributed by atoms with Crippen molar-refractivity contribution >= 4 is 23.2 Å². The Morgan fingerprint density at radius 1 is 0.833 bits per heavy atom. The SMILES string of the molecule is O=C1[C@H](CC[C@H](O)c2ccccc2Cl)[C@@H](c2ccc(-c3ccc(O)cc3)cc2O)N1c1ccccc1. The Kier molecular flexibility index (Phi) is 6.68. The van der Waals surface area contributed by atoms with Gasteiger partial charge in [-0.3, -0.25) is 4.79 Å². The predicted molar refractivity (Wildman–Crippen MR) is 141 cm³/mol. The molecular weight excluding hydrogens is 474 g/mol. The van der Waals surface area contributed by atoms with Crippen LogP contribution in [0.5, 0.6) is 11.5 Å². The van der Waals surface area contributed by atoms with E-state index in [2.05, 4.69) is 0 Å². The highest BCUT2D eigenvalue weighted by atomic mass is 35.5. The van der Waals surface area contributed by atoms with Gasteiger partial charge in [0.2, 0.25) is 5.91 Å². The zero-order valence-corrected chi connectivity index (χ0v) is 20.2. The summed E-state index contributed by atoms with van der Waals surface area (Å²) < 4.78 is 0. The van der Waals surface area contributed by atoms with Crippen LogP contribution in [0.4, 0.5) is 5.69 Å². The van der Waals surface area contributed by atoms with E-state index in [1.54, 1.807) is 47.4 Å². The summed E-state index contributed by atoms with van der Waals surface area (Å²) >= 11 is 6.25. The molecule has 6 heteroatoms. The van der Waals surface area contributed by atoms with Crippen LogP contribution >= 0.6 is 11.6 Å². The van der Waals surface area contributed by atoms with Crippen molar-refractivity contribution in [2.24, 2.45) is 5.92 Å². The quantitative estimate of drug-likeness (QED) is 0.249. The summed E-state index contributed by atoms with van der Waals surface area (Å²) in [4.78, 5) is 15.0. The monoisotopic (exact) mass is 499 g/mol. The summed E-state index contributed by atoms with van der Waals surface area (Å²) in [5, 5.41) is 31.9. The Morgan fingerprint density at radius 3 is 2.19 bits per heavy atom. The first-order valence-electron chi connectivity index (χ1n) is 11.9. The lowest BCUT2D eigenvalue weighted by molar-refractivity contribution is -0.131. The van der Waals surface area contributed by atoms with E-state index < -0.39 is 12.0 Å². The van der Waals surface area contributed by atoms with Crippen LogP contribution in [-0.2, 0) is 4.79 Å². The van der Waals surface area contributed by atoms with Crippen LogP contribution in [0.25, 0.3) is 11.1 Å². The lowest BCUT2D eigenvalue weighted by atomic mass is 9.77. The molecule has 0 aromatic heterocycles. The van der Waals surface area contributed by atoms with Gasteiger partial charge in [-0.05, 0) is 65.9 Å². The van der Waals surface area contributed by atoms with Gasteiger partial charge in [-0.2, -0.15) is 0 Å². The molecule has 1 aliphatic heterocycles. The van der Waals surface area contributed by atoms with Crippen molar-refractivity contribution < 1.29 is 20.1 Å². The number of aromatic hydroxyl groups is 2. The third-order valence-corrected chi connectivity index (χ3v) is 7.16. The highest BCUT2D eigenvalue weighted by Gasteiger charge is 2.49. The molecule has 0 aliphatic carbocycles. The minimum absolute atomic E-state index is 0.0421. The number of carbonyl (C=O) groups excluding carboxylic acids is 1. The van der Waals surface area contributed by atoms with Crippen LogP contribution in [0.15, 0.2) is 97.1 Å². The highest BCUT2D eigenvalue weighted by molar-refractivity contribution is 6.31. The van der Waals surface area contributed by atoms with E-state index in [1.165, 1.54) is 0 Å². The smallest absolute Gasteiger partial charge is 0.233 e. The molecule has 3 atom stereocenters. The van der Waals surface area contributed by atoms with E-state index in [4.69, 9.17) is 11.6 Å². The molecule has 0 radical (unpaired) electrons. The molecule has 1 amide bonds. The molecule has 1 aliphatic rings. The van der Waals surface area contributed by atoms with E-state index in [-0.39, 0.29) is 23.4 Å². The zero-order valence-electron chi connectivity index (χ0n) is 19.5. The Bertz CT molecular complexity index is 1370. The van der Waals surface area contributed by atoms with Crippen molar-refractivity contribution in [2.75, 3.05) is 4.90 Å². The van der Waals surface area contributed by atoms with E-state index in [0.29, 0.717) is 29.0 Å². The van der Waals surface area contributed by atoms with Crippen LogP contribution in [0, 0.1) is 5.92 Å². The maximum absolute atomic E-state index is 13.3. The average Bonchev–Trinajstić information content (AvgIpc) is 2.89. The molecule has 5 rings (SSSR count). The summed E-state index contributed by atoms with van der Waals surface area (Å²) in [5.41, 5.74) is 3.72. The third kappa shape index (κ3) is 4.55. The maximum atomic E-state index is 13.3. The molecule has 0 spiro atoms. The largest absolute Gasteiger partial charge is 0.508 e. The van der Waals surface area contributed by atoms with Gasteiger partial charge >= 0.3 is 0 Å². The number of aliphatic hydroxyl groups excluding tert-OH is 1. The standard InChI is InChI=1S/C30H26ClNO4/c31-26-9-5-4-8-23(26)27(34)17-16-25-29(32(30(25)36)21-6-2-1-3-7-21)24-15-12-20(18-28(24)35)19-10-13-22(33)14-11-19/h1-15,18,25,27,29,33-35H,16-17H2/t25-,27+,29-/m1/s1. The minimum atomic E-state index is -0.789. The van der Waals surface area contributed by atoms with E-state index in [1.807, 2.05) is 54.6 Å². The normalized spacial score (nSPS) is 18.1. The van der Waals surface area contributed by atoms with E-state index in [9.17, 15) is 20.1 Å². The second kappa shape index (κ2) is 10.1. The second-order valence-electron chi connectivity index (χ2n) is 9.03. The fourth-order valence-corrected chi connectivity index (χ4v) is 5.19. The van der Waals surface area contributed by atoms with Crippen molar-refractivity contribution in [3.05, 3.63) is 113 Å². The minimum Gasteiger partial charge on any atom is -0.508 e. The second-order valence-corrected chi connectivity index (χ2v) is 9.44. The van der Waals surface area contributed by atoms with Crippen LogP contribution in [-0.4, -0.2) is 21.2 Å².